The van der Waals surface area contributed by atoms with Crippen molar-refractivity contribution in [2.45, 2.75) is 26.4 Å². The Morgan fingerprint density at radius 1 is 1.31 bits per heavy atom. The second-order valence-corrected chi connectivity index (χ2v) is 5.61. The lowest BCUT2D eigenvalue weighted by Crippen LogP contribution is -2.41. The Hall–Kier alpha value is -0.210. The first-order chi connectivity index (χ1) is 7.37. The number of methoxy groups -OCH3 is 1. The van der Waals surface area contributed by atoms with Crippen LogP contribution in [0.15, 0.2) is 0 Å². The summed E-state index contributed by atoms with van der Waals surface area (Å²) < 4.78 is 31.9. The van der Waals surface area contributed by atoms with Crippen LogP contribution in [0.25, 0.3) is 0 Å². The summed E-state index contributed by atoms with van der Waals surface area (Å²) in [5, 5.41) is 9.48. The van der Waals surface area contributed by atoms with Crippen LogP contribution in [0.5, 0.6) is 0 Å². The zero-order valence-corrected chi connectivity index (χ0v) is 10.9. The highest BCUT2D eigenvalue weighted by Crippen LogP contribution is 2.03. The van der Waals surface area contributed by atoms with E-state index in [1.165, 1.54) is 7.11 Å². The van der Waals surface area contributed by atoms with Crippen LogP contribution in [-0.2, 0) is 14.9 Å². The fourth-order valence-corrected chi connectivity index (χ4v) is 2.03. The first kappa shape index (κ1) is 15.8. The van der Waals surface area contributed by atoms with Crippen molar-refractivity contribution in [3.05, 3.63) is 0 Å². The fourth-order valence-electron chi connectivity index (χ4n) is 1.16. The van der Waals surface area contributed by atoms with Crippen molar-refractivity contribution in [3.63, 3.8) is 0 Å². The third-order valence-corrected chi connectivity index (χ3v) is 2.98. The second-order valence-electron chi connectivity index (χ2n) is 4.02. The van der Waals surface area contributed by atoms with E-state index >= 15 is 0 Å². The monoisotopic (exact) mass is 254 g/mol. The number of hydrogen-bond donors (Lipinski definition) is 3. The summed E-state index contributed by atoms with van der Waals surface area (Å²) in [5.74, 6) is 0.334. The number of hydrogen-bond acceptors (Lipinski definition) is 4. The Bertz CT molecular complexity index is 267. The molecule has 16 heavy (non-hydrogen) atoms. The lowest BCUT2D eigenvalue weighted by Gasteiger charge is -2.14. The summed E-state index contributed by atoms with van der Waals surface area (Å²) in [5.41, 5.74) is 0. The normalized spacial score (nSPS) is 14.3. The van der Waals surface area contributed by atoms with Gasteiger partial charge in [-0.25, -0.2) is 0 Å². The van der Waals surface area contributed by atoms with Crippen LogP contribution in [0.2, 0.25) is 0 Å². The van der Waals surface area contributed by atoms with Crippen LogP contribution < -0.4 is 9.44 Å². The lowest BCUT2D eigenvalue weighted by atomic mass is 10.1. The Morgan fingerprint density at radius 2 is 1.94 bits per heavy atom. The number of aliphatic hydroxyl groups is 1. The SMILES string of the molecule is COCCNS(=O)(=O)NCC(O)CC(C)C. The van der Waals surface area contributed by atoms with Crippen LogP contribution in [0.3, 0.4) is 0 Å². The third kappa shape index (κ3) is 9.05. The van der Waals surface area contributed by atoms with E-state index in [-0.39, 0.29) is 13.1 Å². The van der Waals surface area contributed by atoms with Gasteiger partial charge in [0.2, 0.25) is 0 Å². The molecule has 0 bridgehead atoms. The van der Waals surface area contributed by atoms with Gasteiger partial charge in [0.15, 0.2) is 0 Å². The van der Waals surface area contributed by atoms with Crippen LogP contribution in [0.4, 0.5) is 0 Å². The van der Waals surface area contributed by atoms with Crippen molar-refractivity contribution in [2.24, 2.45) is 5.92 Å². The molecule has 0 saturated carbocycles. The van der Waals surface area contributed by atoms with Crippen LogP contribution in [-0.4, -0.2) is 46.4 Å². The van der Waals surface area contributed by atoms with Crippen LogP contribution in [0.1, 0.15) is 20.3 Å². The highest BCUT2D eigenvalue weighted by molar-refractivity contribution is 7.87. The highest BCUT2D eigenvalue weighted by Gasteiger charge is 2.12. The molecular formula is C9H22N2O4S. The Balaban J connectivity index is 3.81. The summed E-state index contributed by atoms with van der Waals surface area (Å²) in [6.45, 7) is 4.49. The van der Waals surface area contributed by atoms with Crippen LogP contribution in [0, 0.1) is 5.92 Å². The average Bonchev–Trinajstić information content (AvgIpc) is 2.14. The van der Waals surface area contributed by atoms with E-state index in [4.69, 9.17) is 4.74 Å². The summed E-state index contributed by atoms with van der Waals surface area (Å²) in [4.78, 5) is 0. The number of nitrogens with one attached hydrogen (secondary N) is 2. The van der Waals surface area contributed by atoms with Crippen LogP contribution >= 0.6 is 0 Å². The fraction of sp³-hybridized carbons (Fsp3) is 1.00. The predicted octanol–water partition coefficient (Wildman–Crippen LogP) is -0.536. The van der Waals surface area contributed by atoms with E-state index in [9.17, 15) is 13.5 Å². The largest absolute Gasteiger partial charge is 0.392 e. The topological polar surface area (TPSA) is 87.7 Å². The van der Waals surface area contributed by atoms with Crippen molar-refractivity contribution in [2.75, 3.05) is 26.8 Å². The van der Waals surface area contributed by atoms with Gasteiger partial charge in [-0.3, -0.25) is 0 Å². The summed E-state index contributed by atoms with van der Waals surface area (Å²) >= 11 is 0. The summed E-state index contributed by atoms with van der Waals surface area (Å²) in [6.07, 6.45) is -0.0837. The zero-order valence-electron chi connectivity index (χ0n) is 10.1. The lowest BCUT2D eigenvalue weighted by molar-refractivity contribution is 0.152. The number of aliphatic hydroxyl groups excluding tert-OH is 1. The molecule has 7 heteroatoms. The molecule has 0 radical (unpaired) electrons. The Kier molecular flexibility index (Phi) is 7.86. The van der Waals surface area contributed by atoms with E-state index in [1.807, 2.05) is 13.8 Å². The molecule has 1 unspecified atom stereocenters. The van der Waals surface area contributed by atoms with E-state index in [1.54, 1.807) is 0 Å². The van der Waals surface area contributed by atoms with E-state index < -0.39 is 16.3 Å². The third-order valence-electron chi connectivity index (χ3n) is 1.85. The summed E-state index contributed by atoms with van der Waals surface area (Å²) in [6, 6.07) is 0. The van der Waals surface area contributed by atoms with Gasteiger partial charge >= 0.3 is 0 Å². The quantitative estimate of drug-likeness (QED) is 0.482. The van der Waals surface area contributed by atoms with Gasteiger partial charge in [-0.2, -0.15) is 17.9 Å². The molecule has 0 fully saturated rings. The van der Waals surface area contributed by atoms with E-state index in [0.29, 0.717) is 18.9 Å². The van der Waals surface area contributed by atoms with Crippen molar-refractivity contribution in [1.29, 1.82) is 0 Å². The first-order valence-corrected chi connectivity index (χ1v) is 6.77. The minimum atomic E-state index is -3.52. The van der Waals surface area contributed by atoms with Gasteiger partial charge in [0.1, 0.15) is 0 Å². The maximum Gasteiger partial charge on any atom is 0.277 e. The molecule has 0 spiro atoms. The molecule has 0 saturated heterocycles. The summed E-state index contributed by atoms with van der Waals surface area (Å²) in [7, 11) is -2.03. The van der Waals surface area contributed by atoms with Gasteiger partial charge in [0, 0.05) is 20.2 Å². The first-order valence-electron chi connectivity index (χ1n) is 5.28. The molecule has 0 aliphatic rings. The van der Waals surface area contributed by atoms with Crippen molar-refractivity contribution < 1.29 is 18.3 Å². The molecule has 0 aromatic carbocycles. The maximum atomic E-state index is 11.3. The molecule has 0 aromatic heterocycles. The van der Waals surface area contributed by atoms with Gasteiger partial charge in [0.05, 0.1) is 12.7 Å². The standard InChI is InChI=1S/C9H22N2O4S/c1-8(2)6-9(12)7-11-16(13,14)10-4-5-15-3/h8-12H,4-7H2,1-3H3. The molecule has 98 valence electrons. The molecule has 0 aliphatic carbocycles. The van der Waals surface area contributed by atoms with Gasteiger partial charge in [-0.15, -0.1) is 0 Å². The Labute approximate surface area is 97.6 Å². The van der Waals surface area contributed by atoms with Gasteiger partial charge in [-0.05, 0) is 12.3 Å². The molecule has 0 amide bonds. The molecule has 3 N–H and O–H groups in total. The molecule has 0 heterocycles. The van der Waals surface area contributed by atoms with Crippen molar-refractivity contribution in [1.82, 2.24) is 9.44 Å². The average molecular weight is 254 g/mol. The smallest absolute Gasteiger partial charge is 0.277 e. The van der Waals surface area contributed by atoms with E-state index in [0.717, 1.165) is 0 Å². The minimum Gasteiger partial charge on any atom is -0.392 e. The highest BCUT2D eigenvalue weighted by atomic mass is 32.2. The minimum absolute atomic E-state index is 0.0283. The molecule has 1 atom stereocenters. The van der Waals surface area contributed by atoms with Gasteiger partial charge in [-0.1, -0.05) is 13.8 Å². The second kappa shape index (κ2) is 7.97. The molecule has 6 nitrogen and oxygen atoms in total. The zero-order chi connectivity index (χ0) is 12.6. The molecule has 0 rings (SSSR count). The number of rotatable bonds is 9. The number of ether oxygens (including phenoxy) is 1. The van der Waals surface area contributed by atoms with Crippen molar-refractivity contribution in [3.8, 4) is 0 Å². The van der Waals surface area contributed by atoms with E-state index in [2.05, 4.69) is 9.44 Å². The Morgan fingerprint density at radius 3 is 2.44 bits per heavy atom. The van der Waals surface area contributed by atoms with Crippen molar-refractivity contribution >= 4 is 10.2 Å². The van der Waals surface area contributed by atoms with Gasteiger partial charge < -0.3 is 9.84 Å². The molecular weight excluding hydrogens is 232 g/mol. The maximum absolute atomic E-state index is 11.3. The predicted molar refractivity (Wildman–Crippen MR) is 62.3 cm³/mol. The molecule has 0 aliphatic heterocycles. The molecule has 0 aromatic rings. The van der Waals surface area contributed by atoms with Gasteiger partial charge in [0.25, 0.3) is 10.2 Å².